The van der Waals surface area contributed by atoms with E-state index < -0.39 is 12.1 Å². The van der Waals surface area contributed by atoms with E-state index in [0.29, 0.717) is 13.2 Å². The highest BCUT2D eigenvalue weighted by atomic mass is 35.5. The molecule has 0 atom stereocenters. The van der Waals surface area contributed by atoms with Gasteiger partial charge < -0.3 is 28.4 Å². The third-order valence-corrected chi connectivity index (χ3v) is 6.01. The summed E-state index contributed by atoms with van der Waals surface area (Å²) in [6.45, 7) is 0.989. The molecule has 3 rings (SSSR count). The molecule has 7 nitrogen and oxygen atoms in total. The van der Waals surface area contributed by atoms with Gasteiger partial charge in [-0.15, -0.1) is 0 Å². The lowest BCUT2D eigenvalue weighted by atomic mass is 10.0. The SMILES string of the molecule is COCCOc1c(Cl)c([CH]C(=O)OC(c2ccccc2)c2ccccc2)c(Cl)c(OC)c1OCCOC. The zero-order chi connectivity index (χ0) is 26.6. The largest absolute Gasteiger partial charge is 0.491 e. The van der Waals surface area contributed by atoms with Crippen molar-refractivity contribution in [3.05, 3.63) is 93.8 Å². The van der Waals surface area contributed by atoms with Crippen LogP contribution >= 0.6 is 23.2 Å². The molecule has 0 aromatic heterocycles. The van der Waals surface area contributed by atoms with Crippen LogP contribution in [-0.2, 0) is 19.0 Å². The zero-order valence-corrected chi connectivity index (χ0v) is 22.4. The number of carbonyl (C=O) groups excluding carboxylic acids is 1. The number of hydrogen-bond acceptors (Lipinski definition) is 7. The molecule has 0 saturated heterocycles. The van der Waals surface area contributed by atoms with Crippen molar-refractivity contribution in [3.8, 4) is 17.2 Å². The maximum absolute atomic E-state index is 13.2. The van der Waals surface area contributed by atoms with Crippen LogP contribution in [0.5, 0.6) is 17.2 Å². The summed E-state index contributed by atoms with van der Waals surface area (Å²) in [5.74, 6) is -0.129. The first-order chi connectivity index (χ1) is 18.0. The molecule has 1 radical (unpaired) electrons. The monoisotopic (exact) mass is 547 g/mol. The molecular weight excluding hydrogens is 519 g/mol. The van der Waals surface area contributed by atoms with Crippen LogP contribution in [0, 0.1) is 6.42 Å². The van der Waals surface area contributed by atoms with Crippen LogP contribution in [-0.4, -0.2) is 53.7 Å². The minimum absolute atomic E-state index is 0.0715. The number of hydrogen-bond donors (Lipinski definition) is 0. The quantitative estimate of drug-likeness (QED) is 0.183. The van der Waals surface area contributed by atoms with Gasteiger partial charge in [-0.3, -0.25) is 4.79 Å². The Morgan fingerprint density at radius 2 is 1.22 bits per heavy atom. The van der Waals surface area contributed by atoms with Crippen LogP contribution in [0.25, 0.3) is 0 Å². The van der Waals surface area contributed by atoms with Gasteiger partial charge in [0.25, 0.3) is 0 Å². The third kappa shape index (κ3) is 7.52. The first-order valence-corrected chi connectivity index (χ1v) is 12.2. The predicted octanol–water partition coefficient (Wildman–Crippen LogP) is 5.94. The molecule has 0 N–H and O–H groups in total. The fourth-order valence-electron chi connectivity index (χ4n) is 3.52. The zero-order valence-electron chi connectivity index (χ0n) is 20.9. The van der Waals surface area contributed by atoms with Crippen molar-refractivity contribution < 1.29 is 33.2 Å². The maximum Gasteiger partial charge on any atom is 0.315 e. The Bertz CT molecular complexity index is 1100. The smallest absolute Gasteiger partial charge is 0.315 e. The van der Waals surface area contributed by atoms with E-state index in [1.165, 1.54) is 13.5 Å². The number of halogens is 2. The first kappa shape index (κ1) is 28.6. The van der Waals surface area contributed by atoms with Gasteiger partial charge in [-0.25, -0.2) is 0 Å². The molecule has 0 spiro atoms. The van der Waals surface area contributed by atoms with Crippen molar-refractivity contribution >= 4 is 29.2 Å². The van der Waals surface area contributed by atoms with E-state index in [1.54, 1.807) is 14.2 Å². The van der Waals surface area contributed by atoms with E-state index in [4.69, 9.17) is 51.6 Å². The molecule has 9 heteroatoms. The summed E-state index contributed by atoms with van der Waals surface area (Å²) in [6, 6.07) is 18.9. The third-order valence-electron chi connectivity index (χ3n) is 5.26. The molecule has 0 unspecified atom stereocenters. The Morgan fingerprint density at radius 1 is 0.730 bits per heavy atom. The van der Waals surface area contributed by atoms with Crippen molar-refractivity contribution in [2.45, 2.75) is 6.10 Å². The van der Waals surface area contributed by atoms with Crippen molar-refractivity contribution in [1.29, 1.82) is 0 Å². The number of benzene rings is 3. The molecule has 0 bridgehead atoms. The van der Waals surface area contributed by atoms with E-state index >= 15 is 0 Å². The topological polar surface area (TPSA) is 72.5 Å². The van der Waals surface area contributed by atoms with Crippen molar-refractivity contribution in [2.24, 2.45) is 0 Å². The fraction of sp³-hybridized carbons (Fsp3) is 0.286. The number of methoxy groups -OCH3 is 3. The summed E-state index contributed by atoms with van der Waals surface area (Å²) in [4.78, 5) is 13.2. The first-order valence-electron chi connectivity index (χ1n) is 11.5. The molecule has 0 amide bonds. The lowest BCUT2D eigenvalue weighted by Gasteiger charge is -2.22. The maximum atomic E-state index is 13.2. The van der Waals surface area contributed by atoms with Crippen LogP contribution in [0.4, 0.5) is 0 Å². The van der Waals surface area contributed by atoms with Gasteiger partial charge in [0.2, 0.25) is 5.75 Å². The highest BCUT2D eigenvalue weighted by Crippen LogP contribution is 2.51. The Morgan fingerprint density at radius 3 is 1.70 bits per heavy atom. The van der Waals surface area contributed by atoms with E-state index in [0.717, 1.165) is 11.1 Å². The van der Waals surface area contributed by atoms with Crippen molar-refractivity contribution in [2.75, 3.05) is 47.8 Å². The van der Waals surface area contributed by atoms with Crippen LogP contribution in [0.1, 0.15) is 22.8 Å². The van der Waals surface area contributed by atoms with Gasteiger partial charge in [-0.1, -0.05) is 83.9 Å². The molecule has 197 valence electrons. The fourth-order valence-corrected chi connectivity index (χ4v) is 4.17. The van der Waals surface area contributed by atoms with Gasteiger partial charge in [-0.05, 0) is 11.1 Å². The second kappa shape index (κ2) is 14.7. The normalized spacial score (nSPS) is 10.9. The molecule has 0 heterocycles. The molecule has 0 aliphatic heterocycles. The summed E-state index contributed by atoms with van der Waals surface area (Å²) in [7, 11) is 4.53. The molecular formula is C28H29Cl2O7. The lowest BCUT2D eigenvalue weighted by molar-refractivity contribution is -0.142. The molecule has 0 aliphatic carbocycles. The summed E-state index contributed by atoms with van der Waals surface area (Å²) in [6.07, 6.45) is 0.577. The molecule has 37 heavy (non-hydrogen) atoms. The lowest BCUT2D eigenvalue weighted by Crippen LogP contribution is -2.15. The van der Waals surface area contributed by atoms with Crippen molar-refractivity contribution in [3.63, 3.8) is 0 Å². The molecule has 0 aliphatic rings. The van der Waals surface area contributed by atoms with E-state index in [9.17, 15) is 4.79 Å². The average Bonchev–Trinajstić information content (AvgIpc) is 2.92. The summed E-state index contributed by atoms with van der Waals surface area (Å²) in [5, 5.41) is 0.147. The standard InChI is InChI=1S/C28H29Cl2O7/c1-32-14-16-35-27-24(30)21(23(29)26(34-3)28(27)36-17-15-33-2)18-22(31)37-25(19-10-6-4-7-11-19)20-12-8-5-9-13-20/h4-13,18,25H,14-17H2,1-3H3. The van der Waals surface area contributed by atoms with Gasteiger partial charge >= 0.3 is 5.97 Å². The van der Waals surface area contributed by atoms with Gasteiger partial charge in [0.1, 0.15) is 19.6 Å². The predicted molar refractivity (Wildman–Crippen MR) is 142 cm³/mol. The van der Waals surface area contributed by atoms with Gasteiger partial charge in [0, 0.05) is 19.8 Å². The van der Waals surface area contributed by atoms with Gasteiger partial charge in [-0.2, -0.15) is 0 Å². The van der Waals surface area contributed by atoms with E-state index in [1.807, 2.05) is 60.7 Å². The average molecular weight is 548 g/mol. The van der Waals surface area contributed by atoms with E-state index in [2.05, 4.69) is 0 Å². The second-order valence-corrected chi connectivity index (χ2v) is 8.45. The minimum atomic E-state index is -0.653. The molecule has 0 saturated carbocycles. The van der Waals surface area contributed by atoms with Gasteiger partial charge in [0.05, 0.1) is 30.4 Å². The highest BCUT2D eigenvalue weighted by molar-refractivity contribution is 6.39. The Kier molecular flexibility index (Phi) is 11.4. The van der Waals surface area contributed by atoms with Crippen LogP contribution in [0.2, 0.25) is 10.0 Å². The highest BCUT2D eigenvalue weighted by Gasteiger charge is 2.29. The van der Waals surface area contributed by atoms with Crippen LogP contribution in [0.15, 0.2) is 60.7 Å². The number of carbonyl (C=O) groups is 1. The number of ether oxygens (including phenoxy) is 6. The molecule has 0 fully saturated rings. The summed E-state index contributed by atoms with van der Waals surface area (Å²) >= 11 is 13.3. The molecule has 3 aromatic rings. The van der Waals surface area contributed by atoms with Crippen molar-refractivity contribution in [1.82, 2.24) is 0 Å². The Balaban J connectivity index is 1.95. The van der Waals surface area contributed by atoms with Gasteiger partial charge in [0.15, 0.2) is 17.6 Å². The minimum Gasteiger partial charge on any atom is -0.491 e. The number of rotatable bonds is 14. The molecule has 3 aromatic carbocycles. The van der Waals surface area contributed by atoms with E-state index in [-0.39, 0.29) is 46.1 Å². The summed E-state index contributed by atoms with van der Waals surface area (Å²) < 4.78 is 33.2. The Labute approximate surface area is 227 Å². The summed E-state index contributed by atoms with van der Waals surface area (Å²) in [5.41, 5.74) is 1.81. The number of esters is 1. The Hall–Kier alpha value is -2.97. The van der Waals surface area contributed by atoms with Crippen LogP contribution < -0.4 is 14.2 Å². The van der Waals surface area contributed by atoms with Crippen LogP contribution in [0.3, 0.4) is 0 Å². The second-order valence-electron chi connectivity index (χ2n) is 7.70.